The topological polar surface area (TPSA) is 45.6 Å². The van der Waals surface area contributed by atoms with Crippen LogP contribution in [-0.4, -0.2) is 52.4 Å². The molecule has 25 heavy (non-hydrogen) atoms. The number of aryl methyl sites for hydroxylation is 3. The average molecular weight is 337 g/mol. The lowest BCUT2D eigenvalue weighted by atomic mass is 10.1. The molecule has 1 aromatic heterocycles. The Kier molecular flexibility index (Phi) is 4.07. The number of nitrogens with zero attached hydrogens (tertiary/aromatic N) is 3. The van der Waals surface area contributed by atoms with E-state index in [9.17, 15) is 9.59 Å². The molecule has 2 heterocycles. The number of fused-ring (bicyclic) bond motifs is 1. The van der Waals surface area contributed by atoms with E-state index in [0.717, 1.165) is 18.4 Å². The third-order valence-corrected chi connectivity index (χ3v) is 5.28. The van der Waals surface area contributed by atoms with E-state index in [1.807, 2.05) is 45.9 Å². The van der Waals surface area contributed by atoms with Gasteiger partial charge in [-0.25, -0.2) is 0 Å². The van der Waals surface area contributed by atoms with Gasteiger partial charge < -0.3 is 14.4 Å². The summed E-state index contributed by atoms with van der Waals surface area (Å²) in [6, 6.07) is 7.95. The van der Waals surface area contributed by atoms with Crippen LogP contribution >= 0.6 is 0 Å². The summed E-state index contributed by atoms with van der Waals surface area (Å²) in [5.74, 6) is 0.131. The van der Waals surface area contributed by atoms with Crippen LogP contribution in [-0.2, 0) is 19.9 Å². The van der Waals surface area contributed by atoms with E-state index < -0.39 is 0 Å². The molecule has 2 amide bonds. The van der Waals surface area contributed by atoms with Gasteiger partial charge in [0.2, 0.25) is 0 Å². The van der Waals surface area contributed by atoms with Gasteiger partial charge in [-0.15, -0.1) is 0 Å². The summed E-state index contributed by atoms with van der Waals surface area (Å²) in [4.78, 5) is 29.0. The van der Waals surface area contributed by atoms with Gasteiger partial charge in [0.15, 0.2) is 0 Å². The van der Waals surface area contributed by atoms with Crippen molar-refractivity contribution in [2.24, 2.45) is 7.05 Å². The fourth-order valence-electron chi connectivity index (χ4n) is 3.81. The summed E-state index contributed by atoms with van der Waals surface area (Å²) in [7, 11) is 1.91. The van der Waals surface area contributed by atoms with Gasteiger partial charge in [-0.05, 0) is 48.6 Å². The number of benzene rings is 1. The van der Waals surface area contributed by atoms with Gasteiger partial charge in [-0.1, -0.05) is 6.07 Å². The highest BCUT2D eigenvalue weighted by atomic mass is 16.2. The molecule has 0 bridgehead atoms. The minimum atomic E-state index is 0.0465. The number of piperazine rings is 1. The first-order valence-electron chi connectivity index (χ1n) is 8.94. The van der Waals surface area contributed by atoms with Crippen molar-refractivity contribution in [2.45, 2.75) is 19.3 Å². The minimum Gasteiger partial charge on any atom is -0.356 e. The standard InChI is InChI=1S/C20H23N3O2/c1-21-8-7-18(14-21)20(25)23-11-9-22(10-12-23)19(24)17-6-5-15-3-2-4-16(15)13-17/h5-8,13-14H,2-4,9-12H2,1H3. The van der Waals surface area contributed by atoms with Crippen molar-refractivity contribution in [3.63, 3.8) is 0 Å². The Morgan fingerprint density at radius 3 is 2.12 bits per heavy atom. The van der Waals surface area contributed by atoms with Crippen molar-refractivity contribution in [3.05, 3.63) is 58.9 Å². The molecule has 1 aliphatic carbocycles. The molecular weight excluding hydrogens is 314 g/mol. The van der Waals surface area contributed by atoms with Crippen LogP contribution in [0.25, 0.3) is 0 Å². The molecule has 5 heteroatoms. The maximum absolute atomic E-state index is 12.8. The van der Waals surface area contributed by atoms with Gasteiger partial charge in [0.05, 0.1) is 5.56 Å². The maximum atomic E-state index is 12.8. The van der Waals surface area contributed by atoms with Crippen LogP contribution in [0.15, 0.2) is 36.7 Å². The predicted molar refractivity (Wildman–Crippen MR) is 95.7 cm³/mol. The average Bonchev–Trinajstić information content (AvgIpc) is 3.28. The number of carbonyl (C=O) groups excluding carboxylic acids is 2. The monoisotopic (exact) mass is 337 g/mol. The molecule has 0 atom stereocenters. The zero-order valence-electron chi connectivity index (χ0n) is 14.6. The molecule has 0 unspecified atom stereocenters. The van der Waals surface area contributed by atoms with Crippen LogP contribution < -0.4 is 0 Å². The van der Waals surface area contributed by atoms with Crippen LogP contribution in [0.2, 0.25) is 0 Å². The first-order chi connectivity index (χ1) is 12.1. The van der Waals surface area contributed by atoms with Crippen molar-refractivity contribution in [2.75, 3.05) is 26.2 Å². The summed E-state index contributed by atoms with van der Waals surface area (Å²) in [5, 5.41) is 0. The van der Waals surface area contributed by atoms with Crippen LogP contribution in [0, 0.1) is 0 Å². The lowest BCUT2D eigenvalue weighted by molar-refractivity contribution is 0.0535. The van der Waals surface area contributed by atoms with Gasteiger partial charge in [-0.3, -0.25) is 9.59 Å². The Morgan fingerprint density at radius 1 is 0.840 bits per heavy atom. The second-order valence-electron chi connectivity index (χ2n) is 6.99. The second-order valence-corrected chi connectivity index (χ2v) is 6.99. The highest BCUT2D eigenvalue weighted by molar-refractivity contribution is 5.96. The molecule has 1 aromatic carbocycles. The first kappa shape index (κ1) is 15.9. The molecule has 0 radical (unpaired) electrons. The Balaban J connectivity index is 1.40. The lowest BCUT2D eigenvalue weighted by Crippen LogP contribution is -2.50. The quantitative estimate of drug-likeness (QED) is 0.843. The molecule has 130 valence electrons. The largest absolute Gasteiger partial charge is 0.356 e. The van der Waals surface area contributed by atoms with Crippen molar-refractivity contribution < 1.29 is 9.59 Å². The number of hydrogen-bond acceptors (Lipinski definition) is 2. The second kappa shape index (κ2) is 6.39. The summed E-state index contributed by atoms with van der Waals surface area (Å²) < 4.78 is 1.88. The number of carbonyl (C=O) groups is 2. The van der Waals surface area contributed by atoms with Gasteiger partial charge in [0.1, 0.15) is 0 Å². The summed E-state index contributed by atoms with van der Waals surface area (Å²) in [6.07, 6.45) is 7.11. The molecule has 1 aliphatic heterocycles. The minimum absolute atomic E-state index is 0.0465. The molecular formula is C20H23N3O2. The molecule has 0 spiro atoms. The Bertz CT molecular complexity index is 816. The fourth-order valence-corrected chi connectivity index (χ4v) is 3.81. The van der Waals surface area contributed by atoms with E-state index in [4.69, 9.17) is 0 Å². The van der Waals surface area contributed by atoms with E-state index in [-0.39, 0.29) is 11.8 Å². The molecule has 2 aromatic rings. The van der Waals surface area contributed by atoms with E-state index in [1.165, 1.54) is 17.5 Å². The van der Waals surface area contributed by atoms with Crippen LogP contribution in [0.5, 0.6) is 0 Å². The van der Waals surface area contributed by atoms with Crippen LogP contribution in [0.4, 0.5) is 0 Å². The Morgan fingerprint density at radius 2 is 1.48 bits per heavy atom. The van der Waals surface area contributed by atoms with Crippen LogP contribution in [0.3, 0.4) is 0 Å². The van der Waals surface area contributed by atoms with Crippen LogP contribution in [0.1, 0.15) is 38.3 Å². The molecule has 2 aliphatic rings. The van der Waals surface area contributed by atoms with Gasteiger partial charge in [0.25, 0.3) is 11.8 Å². The molecule has 1 saturated heterocycles. The number of rotatable bonds is 2. The molecule has 1 fully saturated rings. The van der Waals surface area contributed by atoms with Crippen molar-refractivity contribution in [1.82, 2.24) is 14.4 Å². The van der Waals surface area contributed by atoms with E-state index in [0.29, 0.717) is 31.7 Å². The Hall–Kier alpha value is -2.56. The lowest BCUT2D eigenvalue weighted by Gasteiger charge is -2.34. The third kappa shape index (κ3) is 3.06. The smallest absolute Gasteiger partial charge is 0.255 e. The number of amides is 2. The summed E-state index contributed by atoms with van der Waals surface area (Å²) >= 11 is 0. The highest BCUT2D eigenvalue weighted by Crippen LogP contribution is 2.23. The van der Waals surface area contributed by atoms with Gasteiger partial charge in [-0.2, -0.15) is 0 Å². The van der Waals surface area contributed by atoms with Crippen molar-refractivity contribution >= 4 is 11.8 Å². The number of hydrogen-bond donors (Lipinski definition) is 0. The van der Waals surface area contributed by atoms with E-state index >= 15 is 0 Å². The number of aromatic nitrogens is 1. The molecule has 4 rings (SSSR count). The zero-order valence-corrected chi connectivity index (χ0v) is 14.6. The molecule has 0 N–H and O–H groups in total. The normalized spacial score (nSPS) is 16.8. The fraction of sp³-hybridized carbons (Fsp3) is 0.400. The predicted octanol–water partition coefficient (Wildman–Crippen LogP) is 2.11. The maximum Gasteiger partial charge on any atom is 0.255 e. The van der Waals surface area contributed by atoms with Crippen molar-refractivity contribution in [1.29, 1.82) is 0 Å². The highest BCUT2D eigenvalue weighted by Gasteiger charge is 2.26. The zero-order chi connectivity index (χ0) is 17.4. The van der Waals surface area contributed by atoms with E-state index in [1.54, 1.807) is 0 Å². The van der Waals surface area contributed by atoms with Crippen molar-refractivity contribution in [3.8, 4) is 0 Å². The molecule has 5 nitrogen and oxygen atoms in total. The van der Waals surface area contributed by atoms with Gasteiger partial charge >= 0.3 is 0 Å². The van der Waals surface area contributed by atoms with Gasteiger partial charge in [0, 0.05) is 51.2 Å². The third-order valence-electron chi connectivity index (χ3n) is 5.28. The SMILES string of the molecule is Cn1ccc(C(=O)N2CCN(C(=O)c3ccc4c(c3)CCC4)CC2)c1. The van der Waals surface area contributed by atoms with E-state index in [2.05, 4.69) is 12.1 Å². The first-order valence-corrected chi connectivity index (χ1v) is 8.94. The Labute approximate surface area is 147 Å². The summed E-state index contributed by atoms with van der Waals surface area (Å²) in [5.41, 5.74) is 4.20. The summed E-state index contributed by atoms with van der Waals surface area (Å²) in [6.45, 7) is 2.36. The molecule has 0 saturated carbocycles.